The fraction of sp³-hybridized carbons (Fsp3) is 0.333. The predicted molar refractivity (Wildman–Crippen MR) is 68.8 cm³/mol. The summed E-state index contributed by atoms with van der Waals surface area (Å²) in [4.78, 5) is 1.02. The molecule has 0 aliphatic rings. The van der Waals surface area contributed by atoms with Gasteiger partial charge in [-0.1, -0.05) is 0 Å². The van der Waals surface area contributed by atoms with Crippen LogP contribution in [0.3, 0.4) is 0 Å². The van der Waals surface area contributed by atoms with Crippen molar-refractivity contribution in [1.82, 2.24) is 14.2 Å². The molecule has 3 N–H and O–H groups in total. The minimum absolute atomic E-state index is 0.603. The standard InChI is InChI=1S/C9H13N5S2/c1-14-5-6(4-12-14)3-11-9-7(15-2)8(10)13-16-9/h4-5,11H,3H2,1-2H3,(H2,10,13). The van der Waals surface area contributed by atoms with Gasteiger partial charge >= 0.3 is 0 Å². The fourth-order valence-electron chi connectivity index (χ4n) is 1.35. The third kappa shape index (κ3) is 2.30. The van der Waals surface area contributed by atoms with Gasteiger partial charge in [-0.05, 0) is 17.8 Å². The minimum Gasteiger partial charge on any atom is -0.382 e. The molecule has 86 valence electrons. The molecular formula is C9H13N5S2. The summed E-state index contributed by atoms with van der Waals surface area (Å²) in [5, 5.41) is 8.45. The van der Waals surface area contributed by atoms with Crippen molar-refractivity contribution >= 4 is 34.1 Å². The van der Waals surface area contributed by atoms with Crippen molar-refractivity contribution in [3.63, 3.8) is 0 Å². The van der Waals surface area contributed by atoms with E-state index in [2.05, 4.69) is 14.8 Å². The number of hydrogen-bond donors (Lipinski definition) is 2. The zero-order valence-corrected chi connectivity index (χ0v) is 10.7. The first-order valence-electron chi connectivity index (χ1n) is 4.71. The number of aryl methyl sites for hydroxylation is 1. The van der Waals surface area contributed by atoms with Crippen LogP contribution in [-0.4, -0.2) is 20.4 Å². The molecule has 5 nitrogen and oxygen atoms in total. The smallest absolute Gasteiger partial charge is 0.153 e. The molecule has 2 heterocycles. The Bertz CT molecular complexity index is 476. The predicted octanol–water partition coefficient (Wildman–Crippen LogP) is 1.79. The summed E-state index contributed by atoms with van der Waals surface area (Å²) in [6.07, 6.45) is 5.82. The lowest BCUT2D eigenvalue weighted by Gasteiger charge is -2.03. The number of nitrogens with one attached hydrogen (secondary N) is 1. The van der Waals surface area contributed by atoms with Gasteiger partial charge in [0.15, 0.2) is 5.82 Å². The maximum Gasteiger partial charge on any atom is 0.153 e. The SMILES string of the molecule is CSc1c(N)nsc1NCc1cnn(C)c1. The number of hydrogen-bond acceptors (Lipinski definition) is 6. The monoisotopic (exact) mass is 255 g/mol. The summed E-state index contributed by atoms with van der Waals surface area (Å²) >= 11 is 3.00. The van der Waals surface area contributed by atoms with Crippen molar-refractivity contribution in [2.24, 2.45) is 7.05 Å². The van der Waals surface area contributed by atoms with Crippen LogP contribution in [0, 0.1) is 0 Å². The minimum atomic E-state index is 0.603. The molecule has 0 radical (unpaired) electrons. The van der Waals surface area contributed by atoms with E-state index in [1.807, 2.05) is 25.7 Å². The van der Waals surface area contributed by atoms with E-state index in [1.165, 1.54) is 11.5 Å². The van der Waals surface area contributed by atoms with E-state index in [1.54, 1.807) is 16.4 Å². The molecule has 2 aromatic heterocycles. The Morgan fingerprint density at radius 3 is 3.06 bits per heavy atom. The first kappa shape index (κ1) is 11.3. The Labute approximate surface area is 102 Å². The van der Waals surface area contributed by atoms with E-state index in [0.29, 0.717) is 5.82 Å². The molecule has 7 heteroatoms. The quantitative estimate of drug-likeness (QED) is 0.815. The third-order valence-electron chi connectivity index (χ3n) is 2.09. The van der Waals surface area contributed by atoms with Crippen LogP contribution in [0.25, 0.3) is 0 Å². The van der Waals surface area contributed by atoms with Crippen LogP contribution in [0.4, 0.5) is 10.8 Å². The molecule has 0 aromatic carbocycles. The molecule has 0 bridgehead atoms. The summed E-state index contributed by atoms with van der Waals surface area (Å²) in [6, 6.07) is 0. The average Bonchev–Trinajstić information content (AvgIpc) is 2.82. The Kier molecular flexibility index (Phi) is 3.35. The van der Waals surface area contributed by atoms with Crippen LogP contribution >= 0.6 is 23.3 Å². The van der Waals surface area contributed by atoms with Crippen LogP contribution in [0.2, 0.25) is 0 Å². The second kappa shape index (κ2) is 4.75. The maximum atomic E-state index is 5.75. The molecule has 0 aliphatic carbocycles. The number of nitrogen functional groups attached to an aromatic ring is 1. The molecule has 0 fully saturated rings. The van der Waals surface area contributed by atoms with E-state index in [9.17, 15) is 0 Å². The number of rotatable bonds is 4. The first-order valence-corrected chi connectivity index (χ1v) is 6.71. The highest BCUT2D eigenvalue weighted by molar-refractivity contribution is 7.99. The number of anilines is 2. The van der Waals surface area contributed by atoms with Crippen LogP contribution in [0.15, 0.2) is 17.3 Å². The van der Waals surface area contributed by atoms with Gasteiger partial charge in [-0.3, -0.25) is 4.68 Å². The van der Waals surface area contributed by atoms with Crippen molar-refractivity contribution in [1.29, 1.82) is 0 Å². The molecular weight excluding hydrogens is 242 g/mol. The molecule has 0 aliphatic heterocycles. The summed E-state index contributed by atoms with van der Waals surface area (Å²) in [6.45, 7) is 0.739. The third-order valence-corrected chi connectivity index (χ3v) is 3.86. The van der Waals surface area contributed by atoms with Gasteiger partial charge in [0.1, 0.15) is 5.00 Å². The van der Waals surface area contributed by atoms with Gasteiger partial charge in [0.2, 0.25) is 0 Å². The molecule has 0 spiro atoms. The van der Waals surface area contributed by atoms with E-state index in [0.717, 1.165) is 22.0 Å². The second-order valence-electron chi connectivity index (χ2n) is 3.31. The van der Waals surface area contributed by atoms with Crippen LogP contribution in [0.1, 0.15) is 5.56 Å². The fourth-order valence-corrected chi connectivity index (χ4v) is 2.89. The maximum absolute atomic E-state index is 5.75. The van der Waals surface area contributed by atoms with E-state index in [4.69, 9.17) is 5.73 Å². The topological polar surface area (TPSA) is 68.8 Å². The molecule has 0 unspecified atom stereocenters. The van der Waals surface area contributed by atoms with Crippen molar-refractivity contribution < 1.29 is 0 Å². The van der Waals surface area contributed by atoms with E-state index in [-0.39, 0.29) is 0 Å². The molecule has 0 amide bonds. The molecule has 0 atom stereocenters. The second-order valence-corrected chi connectivity index (χ2v) is 4.90. The molecule has 16 heavy (non-hydrogen) atoms. The Balaban J connectivity index is 2.04. The summed E-state index contributed by atoms with van der Waals surface area (Å²) < 4.78 is 5.91. The zero-order valence-electron chi connectivity index (χ0n) is 9.10. The highest BCUT2D eigenvalue weighted by Gasteiger charge is 2.09. The lowest BCUT2D eigenvalue weighted by atomic mass is 10.3. The van der Waals surface area contributed by atoms with Gasteiger partial charge in [-0.25, -0.2) is 0 Å². The molecule has 2 aromatic rings. The highest BCUT2D eigenvalue weighted by atomic mass is 32.2. The van der Waals surface area contributed by atoms with Crippen molar-refractivity contribution in [2.75, 3.05) is 17.3 Å². The molecule has 0 saturated carbocycles. The lowest BCUT2D eigenvalue weighted by Crippen LogP contribution is -1.98. The van der Waals surface area contributed by atoms with Crippen molar-refractivity contribution in [2.45, 2.75) is 11.4 Å². The molecule has 0 saturated heterocycles. The Hall–Kier alpha value is -1.21. The van der Waals surface area contributed by atoms with Crippen LogP contribution in [0.5, 0.6) is 0 Å². The zero-order chi connectivity index (χ0) is 11.5. The summed E-state index contributed by atoms with van der Waals surface area (Å²) in [5.41, 5.74) is 6.89. The number of nitrogens with zero attached hydrogens (tertiary/aromatic N) is 3. The summed E-state index contributed by atoms with van der Waals surface area (Å²) in [5.74, 6) is 0.603. The first-order chi connectivity index (χ1) is 7.70. The number of thioether (sulfide) groups is 1. The number of aromatic nitrogens is 3. The van der Waals surface area contributed by atoms with Gasteiger partial charge in [-0.2, -0.15) is 9.47 Å². The van der Waals surface area contributed by atoms with Gasteiger partial charge in [0, 0.05) is 25.4 Å². The van der Waals surface area contributed by atoms with Gasteiger partial charge in [0.25, 0.3) is 0 Å². The van der Waals surface area contributed by atoms with Crippen LogP contribution < -0.4 is 11.1 Å². The molecule has 2 rings (SSSR count). The van der Waals surface area contributed by atoms with Gasteiger partial charge in [-0.15, -0.1) is 11.8 Å². The van der Waals surface area contributed by atoms with Crippen LogP contribution in [-0.2, 0) is 13.6 Å². The average molecular weight is 255 g/mol. The summed E-state index contributed by atoms with van der Waals surface area (Å²) in [7, 11) is 1.90. The van der Waals surface area contributed by atoms with E-state index < -0.39 is 0 Å². The Morgan fingerprint density at radius 2 is 2.44 bits per heavy atom. The Morgan fingerprint density at radius 1 is 1.62 bits per heavy atom. The van der Waals surface area contributed by atoms with Crippen molar-refractivity contribution in [3.05, 3.63) is 18.0 Å². The highest BCUT2D eigenvalue weighted by Crippen LogP contribution is 2.34. The largest absolute Gasteiger partial charge is 0.382 e. The van der Waals surface area contributed by atoms with Gasteiger partial charge in [0.05, 0.1) is 11.1 Å². The normalized spacial score (nSPS) is 10.6. The van der Waals surface area contributed by atoms with Gasteiger partial charge < -0.3 is 11.1 Å². The number of nitrogens with two attached hydrogens (primary N) is 1. The van der Waals surface area contributed by atoms with Crippen molar-refractivity contribution in [3.8, 4) is 0 Å². The van der Waals surface area contributed by atoms with E-state index >= 15 is 0 Å². The lowest BCUT2D eigenvalue weighted by molar-refractivity contribution is 0.767.